The number of carbonyl (C=O) groups excluding carboxylic acids is 2. The minimum atomic E-state index is 0.183. The fourth-order valence-corrected chi connectivity index (χ4v) is 1.17. The quantitative estimate of drug-likeness (QED) is 0.435. The second-order valence-corrected chi connectivity index (χ2v) is 2.62. The molecular weight excluding hydrogens is 204 g/mol. The molecule has 0 aliphatic carbocycles. The number of hydrogen-bond acceptors (Lipinski definition) is 4. The molecule has 0 atom stereocenters. The van der Waals surface area contributed by atoms with Crippen molar-refractivity contribution in [3.63, 3.8) is 0 Å². The third-order valence-corrected chi connectivity index (χ3v) is 1.84. The van der Waals surface area contributed by atoms with E-state index in [-0.39, 0.29) is 5.88 Å². The number of hydrogen-bond donors (Lipinski definition) is 0. The fourth-order valence-electron chi connectivity index (χ4n) is 0.959. The third-order valence-electron chi connectivity index (χ3n) is 1.55. The molecule has 70 valence electrons. The Hall–Kier alpha value is -1.73. The molecule has 0 heterocycles. The van der Waals surface area contributed by atoms with E-state index in [1.807, 2.05) is 0 Å². The van der Waals surface area contributed by atoms with Crippen LogP contribution >= 0.6 is 11.6 Å². The van der Waals surface area contributed by atoms with Gasteiger partial charge in [-0.1, -0.05) is 0 Å². The van der Waals surface area contributed by atoms with Crippen LogP contribution in [0, 0.1) is 0 Å². The highest BCUT2D eigenvalue weighted by atomic mass is 35.5. The minimum Gasteiger partial charge on any atom is -0.211 e. The van der Waals surface area contributed by atoms with Crippen molar-refractivity contribution >= 4 is 35.1 Å². The topological polar surface area (TPSA) is 58.9 Å². The van der Waals surface area contributed by atoms with Gasteiger partial charge in [0.05, 0.1) is 11.4 Å². The Kier molecular flexibility index (Phi) is 3.77. The van der Waals surface area contributed by atoms with E-state index in [0.717, 1.165) is 0 Å². The number of halogens is 1. The molecule has 0 amide bonds. The van der Waals surface area contributed by atoms with Crippen molar-refractivity contribution in [2.45, 2.75) is 5.88 Å². The average molecular weight is 209 g/mol. The first-order valence-corrected chi connectivity index (χ1v) is 4.20. The highest BCUT2D eigenvalue weighted by Crippen LogP contribution is 2.25. The Labute approximate surface area is 84.9 Å². The van der Waals surface area contributed by atoms with Gasteiger partial charge in [-0.05, 0) is 23.8 Å². The largest absolute Gasteiger partial charge is 0.240 e. The molecule has 4 nitrogen and oxygen atoms in total. The van der Waals surface area contributed by atoms with Crippen molar-refractivity contribution in [1.29, 1.82) is 0 Å². The molecule has 0 fully saturated rings. The molecule has 0 bridgehead atoms. The molecule has 1 aromatic rings. The molecule has 0 radical (unpaired) electrons. The van der Waals surface area contributed by atoms with E-state index in [2.05, 4.69) is 9.98 Å². The molecule has 1 rings (SSSR count). The Morgan fingerprint density at radius 1 is 1.21 bits per heavy atom. The summed E-state index contributed by atoms with van der Waals surface area (Å²) < 4.78 is 0. The zero-order valence-electron chi connectivity index (χ0n) is 7.03. The maximum Gasteiger partial charge on any atom is 0.240 e. The summed E-state index contributed by atoms with van der Waals surface area (Å²) in [5.74, 6) is 0.183. The van der Waals surface area contributed by atoms with Crippen molar-refractivity contribution in [3.8, 4) is 0 Å². The predicted molar refractivity (Wildman–Crippen MR) is 51.6 cm³/mol. The van der Waals surface area contributed by atoms with E-state index >= 15 is 0 Å². The molecule has 0 aliphatic heterocycles. The minimum absolute atomic E-state index is 0.183. The number of benzene rings is 1. The first-order chi connectivity index (χ1) is 6.81. The maximum absolute atomic E-state index is 10.0. The van der Waals surface area contributed by atoms with Crippen LogP contribution in [0.1, 0.15) is 5.56 Å². The van der Waals surface area contributed by atoms with Gasteiger partial charge >= 0.3 is 0 Å². The molecule has 0 saturated carbocycles. The van der Waals surface area contributed by atoms with E-state index < -0.39 is 0 Å². The molecule has 5 heteroatoms. The van der Waals surface area contributed by atoms with E-state index in [0.29, 0.717) is 16.9 Å². The van der Waals surface area contributed by atoms with Crippen LogP contribution in [0.25, 0.3) is 0 Å². The summed E-state index contributed by atoms with van der Waals surface area (Å²) in [6, 6.07) is 4.64. The molecule has 1 aromatic carbocycles. The maximum atomic E-state index is 10.0. The summed E-state index contributed by atoms with van der Waals surface area (Å²) in [5, 5.41) is 0. The number of rotatable bonds is 3. The summed E-state index contributed by atoms with van der Waals surface area (Å²) in [7, 11) is 0. The Morgan fingerprint density at radius 3 is 2.50 bits per heavy atom. The lowest BCUT2D eigenvalue weighted by Gasteiger charge is -1.99. The average Bonchev–Trinajstić information content (AvgIpc) is 2.21. The molecule has 0 aromatic heterocycles. The van der Waals surface area contributed by atoms with Gasteiger partial charge in [0, 0.05) is 5.88 Å². The van der Waals surface area contributed by atoms with E-state index in [4.69, 9.17) is 11.6 Å². The second-order valence-electron chi connectivity index (χ2n) is 2.35. The molecule has 0 unspecified atom stereocenters. The lowest BCUT2D eigenvalue weighted by Crippen LogP contribution is -1.78. The van der Waals surface area contributed by atoms with Gasteiger partial charge in [-0.2, -0.15) is 9.98 Å². The smallest absolute Gasteiger partial charge is 0.211 e. The van der Waals surface area contributed by atoms with Crippen molar-refractivity contribution in [2.75, 3.05) is 0 Å². The number of aliphatic imine (C=N–C) groups is 2. The zero-order valence-corrected chi connectivity index (χ0v) is 7.78. The van der Waals surface area contributed by atoms with Crippen LogP contribution in [0.2, 0.25) is 0 Å². The number of isocyanates is 2. The van der Waals surface area contributed by atoms with E-state index in [1.54, 1.807) is 12.1 Å². The van der Waals surface area contributed by atoms with Crippen molar-refractivity contribution in [2.24, 2.45) is 9.98 Å². The summed E-state index contributed by atoms with van der Waals surface area (Å²) in [6.45, 7) is 0. The van der Waals surface area contributed by atoms with Gasteiger partial charge in [0.15, 0.2) is 0 Å². The lowest BCUT2D eigenvalue weighted by atomic mass is 10.2. The molecule has 0 aliphatic rings. The van der Waals surface area contributed by atoms with Gasteiger partial charge in [-0.25, -0.2) is 9.59 Å². The SMILES string of the molecule is O=C=Nc1ccc(N=C=O)c(CCl)c1. The lowest BCUT2D eigenvalue weighted by molar-refractivity contribution is 0.564. The molecule has 0 saturated heterocycles. The zero-order chi connectivity index (χ0) is 10.4. The fraction of sp³-hybridized carbons (Fsp3) is 0.111. The van der Waals surface area contributed by atoms with Crippen LogP contribution in [-0.2, 0) is 15.5 Å². The first kappa shape index (κ1) is 10.4. The van der Waals surface area contributed by atoms with Gasteiger partial charge in [-0.3, -0.25) is 0 Å². The van der Waals surface area contributed by atoms with Gasteiger partial charge in [0.2, 0.25) is 12.2 Å². The Morgan fingerprint density at radius 2 is 1.93 bits per heavy atom. The van der Waals surface area contributed by atoms with Crippen LogP contribution < -0.4 is 0 Å². The van der Waals surface area contributed by atoms with Crippen LogP contribution in [0.5, 0.6) is 0 Å². The predicted octanol–water partition coefficient (Wildman–Crippen LogP) is 2.36. The molecule has 14 heavy (non-hydrogen) atoms. The summed E-state index contributed by atoms with van der Waals surface area (Å²) in [5.41, 5.74) is 1.48. The Bertz CT molecular complexity index is 432. The normalized spacial score (nSPS) is 8.64. The van der Waals surface area contributed by atoms with Crippen LogP contribution in [0.4, 0.5) is 11.4 Å². The summed E-state index contributed by atoms with van der Waals surface area (Å²) in [4.78, 5) is 26.9. The van der Waals surface area contributed by atoms with Crippen LogP contribution in [-0.4, -0.2) is 12.2 Å². The van der Waals surface area contributed by atoms with Crippen molar-refractivity contribution in [3.05, 3.63) is 23.8 Å². The molecular formula is C9H5ClN2O2. The number of nitrogens with zero attached hydrogens (tertiary/aromatic N) is 2. The summed E-state index contributed by atoms with van der Waals surface area (Å²) in [6.07, 6.45) is 2.83. The van der Waals surface area contributed by atoms with Crippen molar-refractivity contribution < 1.29 is 9.59 Å². The van der Waals surface area contributed by atoms with Gasteiger partial charge < -0.3 is 0 Å². The van der Waals surface area contributed by atoms with E-state index in [1.165, 1.54) is 18.2 Å². The van der Waals surface area contributed by atoms with Gasteiger partial charge in [0.1, 0.15) is 0 Å². The number of alkyl halides is 1. The Balaban J connectivity index is 3.23. The van der Waals surface area contributed by atoms with Crippen LogP contribution in [0.15, 0.2) is 28.2 Å². The highest BCUT2D eigenvalue weighted by Gasteiger charge is 2.01. The molecule has 0 spiro atoms. The summed E-state index contributed by atoms with van der Waals surface area (Å²) >= 11 is 5.61. The van der Waals surface area contributed by atoms with Gasteiger partial charge in [0.25, 0.3) is 0 Å². The monoisotopic (exact) mass is 208 g/mol. The standard InChI is InChI=1S/C9H5ClN2O2/c10-4-7-3-8(11-5-13)1-2-9(7)12-6-14/h1-3H,4H2. The first-order valence-electron chi connectivity index (χ1n) is 3.66. The molecule has 0 N–H and O–H groups in total. The highest BCUT2D eigenvalue weighted by molar-refractivity contribution is 6.17. The second kappa shape index (κ2) is 5.10. The van der Waals surface area contributed by atoms with Gasteiger partial charge in [-0.15, -0.1) is 11.6 Å². The third kappa shape index (κ3) is 2.38. The van der Waals surface area contributed by atoms with Crippen LogP contribution in [0.3, 0.4) is 0 Å². The van der Waals surface area contributed by atoms with E-state index in [9.17, 15) is 9.59 Å². The van der Waals surface area contributed by atoms with Crippen molar-refractivity contribution in [1.82, 2.24) is 0 Å².